The van der Waals surface area contributed by atoms with E-state index < -0.39 is 39.6 Å². The summed E-state index contributed by atoms with van der Waals surface area (Å²) < 4.78 is 82.0. The maximum absolute atomic E-state index is 13.1. The standard InChI is InChI=1S/C18H18Cl2F6O/c1-9(4-5-10(2)27-3)14-15(16(14,19)20)11-6-12(17(21,22)23)8-13(7-11)18(24,25)26/h5-9,14-15H,4H2,1-3H3/b10-5+. The number of rotatable bonds is 5. The van der Waals surface area contributed by atoms with Crippen molar-refractivity contribution >= 4 is 23.2 Å². The van der Waals surface area contributed by atoms with E-state index in [4.69, 9.17) is 27.9 Å². The topological polar surface area (TPSA) is 9.23 Å². The normalized spacial score (nSPS) is 23.9. The zero-order valence-electron chi connectivity index (χ0n) is 14.7. The highest BCUT2D eigenvalue weighted by Gasteiger charge is 2.65. The fourth-order valence-electron chi connectivity index (χ4n) is 3.23. The monoisotopic (exact) mass is 434 g/mol. The fraction of sp³-hybridized carbons (Fsp3) is 0.556. The van der Waals surface area contributed by atoms with Crippen molar-refractivity contribution in [2.75, 3.05) is 7.11 Å². The van der Waals surface area contributed by atoms with Crippen molar-refractivity contribution in [3.8, 4) is 0 Å². The highest BCUT2D eigenvalue weighted by Crippen LogP contribution is 2.68. The fourth-order valence-corrected chi connectivity index (χ4v) is 4.31. The molecule has 1 aliphatic carbocycles. The second kappa shape index (κ2) is 7.39. The van der Waals surface area contributed by atoms with Gasteiger partial charge in [0.2, 0.25) is 0 Å². The molecule has 0 N–H and O–H groups in total. The third-order valence-electron chi connectivity index (χ3n) is 4.79. The Morgan fingerprint density at radius 3 is 2.00 bits per heavy atom. The summed E-state index contributed by atoms with van der Waals surface area (Å²) in [6.45, 7) is 3.52. The minimum absolute atomic E-state index is 0.0964. The van der Waals surface area contributed by atoms with E-state index in [-0.39, 0.29) is 17.5 Å². The second-order valence-electron chi connectivity index (χ2n) is 6.75. The summed E-state index contributed by atoms with van der Waals surface area (Å²) >= 11 is 12.5. The third kappa shape index (κ3) is 4.86. The number of ether oxygens (including phenoxy) is 1. The highest BCUT2D eigenvalue weighted by molar-refractivity contribution is 6.52. The highest BCUT2D eigenvalue weighted by atomic mass is 35.5. The van der Waals surface area contributed by atoms with Crippen LogP contribution in [0.2, 0.25) is 0 Å². The molecule has 1 aromatic rings. The Kier molecular flexibility index (Phi) is 6.08. The molecule has 3 unspecified atom stereocenters. The average Bonchev–Trinajstić information content (AvgIpc) is 3.12. The van der Waals surface area contributed by atoms with Gasteiger partial charge in [-0.1, -0.05) is 6.92 Å². The number of halogens is 8. The first-order valence-electron chi connectivity index (χ1n) is 8.07. The molecule has 0 spiro atoms. The van der Waals surface area contributed by atoms with Gasteiger partial charge in [0.25, 0.3) is 0 Å². The first kappa shape index (κ1) is 22.2. The van der Waals surface area contributed by atoms with Gasteiger partial charge in [-0.25, -0.2) is 0 Å². The van der Waals surface area contributed by atoms with Crippen molar-refractivity contribution in [2.45, 2.75) is 42.9 Å². The summed E-state index contributed by atoms with van der Waals surface area (Å²) in [4.78, 5) is 0. The Balaban J connectivity index is 2.39. The Morgan fingerprint density at radius 1 is 1.11 bits per heavy atom. The predicted molar refractivity (Wildman–Crippen MR) is 91.7 cm³/mol. The van der Waals surface area contributed by atoms with Crippen molar-refractivity contribution in [3.63, 3.8) is 0 Å². The van der Waals surface area contributed by atoms with E-state index in [0.717, 1.165) is 0 Å². The molecule has 0 heterocycles. The number of benzene rings is 1. The summed E-state index contributed by atoms with van der Waals surface area (Å²) in [6, 6.07) is 1.49. The number of hydrogen-bond donors (Lipinski definition) is 0. The molecule has 9 heteroatoms. The van der Waals surface area contributed by atoms with Gasteiger partial charge in [0.15, 0.2) is 0 Å². The Labute approximate surface area is 163 Å². The molecule has 1 saturated carbocycles. The van der Waals surface area contributed by atoms with E-state index in [1.54, 1.807) is 19.9 Å². The SMILES string of the molecule is CO/C(C)=C/CC(C)C1C(c2cc(C(F)(F)F)cc(C(F)(F)F)c2)C1(Cl)Cl. The van der Waals surface area contributed by atoms with E-state index >= 15 is 0 Å². The average molecular weight is 435 g/mol. The zero-order chi connectivity index (χ0) is 20.8. The van der Waals surface area contributed by atoms with Gasteiger partial charge in [-0.3, -0.25) is 0 Å². The first-order valence-corrected chi connectivity index (χ1v) is 8.83. The molecule has 3 atom stereocenters. The van der Waals surface area contributed by atoms with E-state index in [1.165, 1.54) is 7.11 Å². The largest absolute Gasteiger partial charge is 0.502 e. The van der Waals surface area contributed by atoms with Gasteiger partial charge in [0, 0.05) is 11.8 Å². The number of alkyl halides is 8. The Hall–Kier alpha value is -1.08. The molecule has 1 fully saturated rings. The van der Waals surface area contributed by atoms with Gasteiger partial charge in [0.05, 0.1) is 24.0 Å². The smallest absolute Gasteiger partial charge is 0.416 e. The number of methoxy groups -OCH3 is 1. The summed E-state index contributed by atoms with van der Waals surface area (Å²) in [5.41, 5.74) is -2.90. The van der Waals surface area contributed by atoms with Crippen LogP contribution in [0.3, 0.4) is 0 Å². The molecule has 0 amide bonds. The lowest BCUT2D eigenvalue weighted by Crippen LogP contribution is -2.12. The number of hydrogen-bond acceptors (Lipinski definition) is 1. The molecule has 0 radical (unpaired) electrons. The third-order valence-corrected chi connectivity index (χ3v) is 5.76. The van der Waals surface area contributed by atoms with Crippen molar-refractivity contribution in [1.29, 1.82) is 0 Å². The van der Waals surface area contributed by atoms with Crippen LogP contribution in [0.15, 0.2) is 30.0 Å². The van der Waals surface area contributed by atoms with Gasteiger partial charge in [-0.15, -0.1) is 23.2 Å². The molecule has 2 rings (SSSR count). The van der Waals surface area contributed by atoms with Crippen molar-refractivity contribution < 1.29 is 31.1 Å². The molecule has 0 aliphatic heterocycles. The number of allylic oxidation sites excluding steroid dienone is 2. The second-order valence-corrected chi connectivity index (χ2v) is 8.19. The van der Waals surface area contributed by atoms with Crippen LogP contribution in [0.5, 0.6) is 0 Å². The van der Waals surface area contributed by atoms with Crippen LogP contribution in [0.1, 0.15) is 42.9 Å². The lowest BCUT2D eigenvalue weighted by atomic mass is 9.95. The van der Waals surface area contributed by atoms with Gasteiger partial charge < -0.3 is 4.74 Å². The van der Waals surface area contributed by atoms with E-state index in [1.807, 2.05) is 0 Å². The quantitative estimate of drug-likeness (QED) is 0.270. The summed E-state index contributed by atoms with van der Waals surface area (Å²) in [6.07, 6.45) is -7.57. The van der Waals surface area contributed by atoms with Crippen LogP contribution in [-0.2, 0) is 17.1 Å². The van der Waals surface area contributed by atoms with Crippen LogP contribution in [0.4, 0.5) is 26.3 Å². The lowest BCUT2D eigenvalue weighted by molar-refractivity contribution is -0.143. The van der Waals surface area contributed by atoms with E-state index in [9.17, 15) is 26.3 Å². The molecular weight excluding hydrogens is 417 g/mol. The van der Waals surface area contributed by atoms with Crippen LogP contribution in [0.25, 0.3) is 0 Å². The molecule has 0 saturated heterocycles. The van der Waals surface area contributed by atoms with E-state index in [0.29, 0.717) is 24.3 Å². The zero-order valence-corrected chi connectivity index (χ0v) is 16.2. The lowest BCUT2D eigenvalue weighted by Gasteiger charge is -2.15. The molecule has 1 nitrogen and oxygen atoms in total. The molecule has 1 aromatic carbocycles. The van der Waals surface area contributed by atoms with Crippen molar-refractivity contribution in [2.24, 2.45) is 11.8 Å². The Morgan fingerprint density at radius 2 is 1.59 bits per heavy atom. The molecular formula is C18H18Cl2F6O. The maximum Gasteiger partial charge on any atom is 0.416 e. The predicted octanol–water partition coefficient (Wildman–Crippen LogP) is 7.19. The van der Waals surface area contributed by atoms with Crippen LogP contribution in [-0.4, -0.2) is 11.4 Å². The van der Waals surface area contributed by atoms with Crippen LogP contribution < -0.4 is 0 Å². The van der Waals surface area contributed by atoms with Crippen molar-refractivity contribution in [3.05, 3.63) is 46.7 Å². The van der Waals surface area contributed by atoms with Gasteiger partial charge in [-0.05, 0) is 49.1 Å². The Bertz CT molecular complexity index is 691. The summed E-state index contributed by atoms with van der Waals surface area (Å²) in [7, 11) is 1.49. The molecule has 27 heavy (non-hydrogen) atoms. The first-order chi connectivity index (χ1) is 12.2. The summed E-state index contributed by atoms with van der Waals surface area (Å²) in [5.74, 6) is -0.826. The molecule has 152 valence electrons. The summed E-state index contributed by atoms with van der Waals surface area (Å²) in [5, 5.41) is 0. The van der Waals surface area contributed by atoms with Gasteiger partial charge >= 0.3 is 12.4 Å². The van der Waals surface area contributed by atoms with E-state index in [2.05, 4.69) is 0 Å². The minimum Gasteiger partial charge on any atom is -0.502 e. The van der Waals surface area contributed by atoms with Crippen LogP contribution in [0, 0.1) is 11.8 Å². The minimum atomic E-state index is -4.91. The molecule has 0 aromatic heterocycles. The molecule has 1 aliphatic rings. The maximum atomic E-state index is 13.1. The van der Waals surface area contributed by atoms with Gasteiger partial charge in [0.1, 0.15) is 4.33 Å². The van der Waals surface area contributed by atoms with Gasteiger partial charge in [-0.2, -0.15) is 26.3 Å². The molecule has 0 bridgehead atoms. The van der Waals surface area contributed by atoms with Crippen molar-refractivity contribution in [1.82, 2.24) is 0 Å². The van der Waals surface area contributed by atoms with Crippen LogP contribution >= 0.6 is 23.2 Å².